The van der Waals surface area contributed by atoms with E-state index in [4.69, 9.17) is 4.42 Å². The average molecular weight is 267 g/mol. The Morgan fingerprint density at radius 1 is 1.05 bits per heavy atom. The van der Waals surface area contributed by atoms with Crippen LogP contribution in [0.25, 0.3) is 27.1 Å². The zero-order valence-electron chi connectivity index (χ0n) is 9.87. The van der Waals surface area contributed by atoms with E-state index in [-0.39, 0.29) is 5.63 Å². The van der Waals surface area contributed by atoms with Gasteiger partial charge in [0.15, 0.2) is 0 Å². The molecule has 3 aromatic heterocycles. The Kier molecular flexibility index (Phi) is 2.13. The standard InChI is InChI=1S/C15H9NO2S/c17-15-14-13(16-8-4-7-12(16)18-15)11(9-19-14)10-5-2-1-3-6-10/h1-9H. The number of hydrogen-bond donors (Lipinski definition) is 0. The molecule has 3 heterocycles. The van der Waals surface area contributed by atoms with Gasteiger partial charge in [-0.25, -0.2) is 4.79 Å². The van der Waals surface area contributed by atoms with Gasteiger partial charge in [-0.1, -0.05) is 30.3 Å². The van der Waals surface area contributed by atoms with E-state index in [2.05, 4.69) is 0 Å². The molecule has 0 bridgehead atoms. The Morgan fingerprint density at radius 2 is 1.89 bits per heavy atom. The first-order chi connectivity index (χ1) is 9.34. The predicted molar refractivity (Wildman–Crippen MR) is 76.8 cm³/mol. The molecule has 19 heavy (non-hydrogen) atoms. The van der Waals surface area contributed by atoms with Gasteiger partial charge in [-0.05, 0) is 11.6 Å². The molecule has 4 rings (SSSR count). The van der Waals surface area contributed by atoms with Crippen LogP contribution in [0.15, 0.2) is 63.3 Å². The van der Waals surface area contributed by atoms with Crippen LogP contribution < -0.4 is 5.63 Å². The Bertz CT molecular complexity index is 931. The first kappa shape index (κ1) is 10.6. The largest absolute Gasteiger partial charge is 0.405 e. The van der Waals surface area contributed by atoms with Crippen molar-refractivity contribution in [1.29, 1.82) is 0 Å². The van der Waals surface area contributed by atoms with Crippen molar-refractivity contribution in [2.24, 2.45) is 0 Å². The molecule has 0 amide bonds. The second-order valence-electron chi connectivity index (χ2n) is 4.30. The molecule has 0 saturated carbocycles. The summed E-state index contributed by atoms with van der Waals surface area (Å²) in [5.41, 5.74) is 3.40. The summed E-state index contributed by atoms with van der Waals surface area (Å²) in [5, 5.41) is 2.01. The minimum absolute atomic E-state index is 0.270. The van der Waals surface area contributed by atoms with Gasteiger partial charge >= 0.3 is 5.63 Å². The van der Waals surface area contributed by atoms with E-state index in [0.29, 0.717) is 10.4 Å². The lowest BCUT2D eigenvalue weighted by molar-refractivity contribution is 0.550. The number of fused-ring (bicyclic) bond motifs is 3. The van der Waals surface area contributed by atoms with Crippen LogP contribution in [0.2, 0.25) is 0 Å². The van der Waals surface area contributed by atoms with Gasteiger partial charge in [0, 0.05) is 23.2 Å². The summed E-state index contributed by atoms with van der Waals surface area (Å²) in [4.78, 5) is 12.0. The van der Waals surface area contributed by atoms with E-state index in [1.54, 1.807) is 6.07 Å². The van der Waals surface area contributed by atoms with Gasteiger partial charge in [-0.2, -0.15) is 0 Å². The van der Waals surface area contributed by atoms with E-state index in [9.17, 15) is 4.79 Å². The van der Waals surface area contributed by atoms with Gasteiger partial charge in [0.25, 0.3) is 0 Å². The van der Waals surface area contributed by atoms with Crippen LogP contribution in [0.1, 0.15) is 0 Å². The average Bonchev–Trinajstić information content (AvgIpc) is 3.05. The molecule has 0 aliphatic rings. The summed E-state index contributed by atoms with van der Waals surface area (Å²) in [5.74, 6) is 0. The highest BCUT2D eigenvalue weighted by molar-refractivity contribution is 7.17. The fourth-order valence-corrected chi connectivity index (χ4v) is 3.27. The van der Waals surface area contributed by atoms with E-state index in [0.717, 1.165) is 16.6 Å². The second kappa shape index (κ2) is 3.83. The molecular formula is C15H9NO2S. The molecule has 4 heteroatoms. The van der Waals surface area contributed by atoms with Gasteiger partial charge in [0.1, 0.15) is 4.70 Å². The normalized spacial score (nSPS) is 11.4. The van der Waals surface area contributed by atoms with Crippen LogP contribution in [0.3, 0.4) is 0 Å². The Hall–Kier alpha value is -2.33. The molecule has 3 nitrogen and oxygen atoms in total. The van der Waals surface area contributed by atoms with E-state index >= 15 is 0 Å². The van der Waals surface area contributed by atoms with Gasteiger partial charge in [-0.3, -0.25) is 4.40 Å². The number of rotatable bonds is 1. The fraction of sp³-hybridized carbons (Fsp3) is 0. The molecule has 0 unspecified atom stereocenters. The van der Waals surface area contributed by atoms with E-state index in [1.807, 2.05) is 52.4 Å². The molecule has 0 atom stereocenters. The molecule has 0 N–H and O–H groups in total. The molecule has 0 spiro atoms. The van der Waals surface area contributed by atoms with E-state index in [1.165, 1.54) is 11.3 Å². The van der Waals surface area contributed by atoms with Crippen LogP contribution in [-0.4, -0.2) is 4.40 Å². The van der Waals surface area contributed by atoms with Crippen molar-refractivity contribution in [1.82, 2.24) is 4.40 Å². The number of hydrogen-bond acceptors (Lipinski definition) is 3. The third-order valence-corrected chi connectivity index (χ3v) is 4.13. The minimum Gasteiger partial charge on any atom is -0.405 e. The summed E-state index contributed by atoms with van der Waals surface area (Å²) >= 11 is 1.43. The highest BCUT2D eigenvalue weighted by Crippen LogP contribution is 2.32. The van der Waals surface area contributed by atoms with Crippen molar-refractivity contribution in [2.45, 2.75) is 0 Å². The van der Waals surface area contributed by atoms with Crippen LogP contribution in [0.4, 0.5) is 0 Å². The van der Waals surface area contributed by atoms with Crippen molar-refractivity contribution in [3.05, 3.63) is 64.5 Å². The van der Waals surface area contributed by atoms with Gasteiger partial charge in [0.2, 0.25) is 5.71 Å². The smallest absolute Gasteiger partial charge is 0.357 e. The van der Waals surface area contributed by atoms with Crippen LogP contribution in [0.5, 0.6) is 0 Å². The molecule has 0 saturated heterocycles. The zero-order valence-corrected chi connectivity index (χ0v) is 10.7. The third kappa shape index (κ3) is 1.47. The lowest BCUT2D eigenvalue weighted by atomic mass is 10.1. The highest BCUT2D eigenvalue weighted by atomic mass is 32.1. The summed E-state index contributed by atoms with van der Waals surface area (Å²) in [6.07, 6.45) is 1.92. The quantitative estimate of drug-likeness (QED) is 0.526. The van der Waals surface area contributed by atoms with Crippen molar-refractivity contribution in [3.63, 3.8) is 0 Å². The van der Waals surface area contributed by atoms with Crippen molar-refractivity contribution < 1.29 is 4.42 Å². The molecule has 0 radical (unpaired) electrons. The van der Waals surface area contributed by atoms with Crippen molar-refractivity contribution >= 4 is 27.3 Å². The summed E-state index contributed by atoms with van der Waals surface area (Å²) in [6, 6.07) is 13.8. The third-order valence-electron chi connectivity index (χ3n) is 3.18. The number of thiophene rings is 1. The lowest BCUT2D eigenvalue weighted by Crippen LogP contribution is -2.00. The van der Waals surface area contributed by atoms with Crippen molar-refractivity contribution in [3.8, 4) is 11.1 Å². The van der Waals surface area contributed by atoms with Crippen LogP contribution in [-0.2, 0) is 0 Å². The number of nitrogens with zero attached hydrogens (tertiary/aromatic N) is 1. The lowest BCUT2D eigenvalue weighted by Gasteiger charge is -2.02. The maximum absolute atomic E-state index is 12.0. The van der Waals surface area contributed by atoms with Gasteiger partial charge < -0.3 is 4.42 Å². The zero-order chi connectivity index (χ0) is 12.8. The van der Waals surface area contributed by atoms with E-state index < -0.39 is 0 Å². The molecule has 1 aromatic carbocycles. The Morgan fingerprint density at radius 3 is 2.74 bits per heavy atom. The van der Waals surface area contributed by atoms with Crippen LogP contribution in [0, 0.1) is 0 Å². The summed E-state index contributed by atoms with van der Waals surface area (Å²) in [6.45, 7) is 0. The maximum atomic E-state index is 12.0. The van der Waals surface area contributed by atoms with Crippen molar-refractivity contribution in [2.75, 3.05) is 0 Å². The first-order valence-corrected chi connectivity index (χ1v) is 6.79. The van der Waals surface area contributed by atoms with Gasteiger partial charge in [-0.15, -0.1) is 11.3 Å². The molecule has 0 aliphatic carbocycles. The minimum atomic E-state index is -0.270. The predicted octanol–water partition coefficient (Wildman–Crippen LogP) is 3.77. The Labute approximate surface area is 112 Å². The fourth-order valence-electron chi connectivity index (χ4n) is 2.33. The second-order valence-corrected chi connectivity index (χ2v) is 5.18. The molecule has 4 aromatic rings. The van der Waals surface area contributed by atoms with Gasteiger partial charge in [0.05, 0.1) is 5.52 Å². The SMILES string of the molecule is O=c1oc2cccn2c2c(-c3ccccc3)csc12. The summed E-state index contributed by atoms with van der Waals surface area (Å²) in [7, 11) is 0. The van der Waals surface area contributed by atoms with Crippen LogP contribution >= 0.6 is 11.3 Å². The number of benzene rings is 1. The highest BCUT2D eigenvalue weighted by Gasteiger charge is 2.14. The molecule has 0 fully saturated rings. The topological polar surface area (TPSA) is 34.6 Å². The molecular weight excluding hydrogens is 258 g/mol. The maximum Gasteiger partial charge on any atom is 0.357 e. The monoisotopic (exact) mass is 267 g/mol. The molecule has 0 aliphatic heterocycles. The molecule has 92 valence electrons. The number of aromatic nitrogens is 1. The first-order valence-electron chi connectivity index (χ1n) is 5.91. The Balaban J connectivity index is 2.21. The summed E-state index contributed by atoms with van der Waals surface area (Å²) < 4.78 is 7.86.